The molecule has 0 bridgehead atoms. The number of aromatic nitrogens is 1. The van der Waals surface area contributed by atoms with Crippen molar-refractivity contribution in [3.63, 3.8) is 0 Å². The molecular weight excluding hydrogens is 244 g/mol. The van der Waals surface area contributed by atoms with E-state index >= 15 is 0 Å². The minimum Gasteiger partial charge on any atom is -0.225 e. The van der Waals surface area contributed by atoms with Gasteiger partial charge < -0.3 is 0 Å². The van der Waals surface area contributed by atoms with E-state index in [4.69, 9.17) is 0 Å². The predicted molar refractivity (Wildman–Crippen MR) is 72.8 cm³/mol. The van der Waals surface area contributed by atoms with Gasteiger partial charge in [0, 0.05) is 11.8 Å². The van der Waals surface area contributed by atoms with Crippen LogP contribution in [0.2, 0.25) is 0 Å². The smallest absolute Gasteiger partial charge is 0.225 e. The molecule has 0 amide bonds. The second-order valence-corrected chi connectivity index (χ2v) is 4.65. The highest BCUT2D eigenvalue weighted by Gasteiger charge is 2.05. The van der Waals surface area contributed by atoms with Gasteiger partial charge >= 0.3 is 0 Å². The Morgan fingerprint density at radius 3 is 2.37 bits per heavy atom. The fraction of sp³-hybridized carbons (Fsp3) is 0.312. The van der Waals surface area contributed by atoms with E-state index in [1.165, 1.54) is 37.1 Å². The van der Waals surface area contributed by atoms with Crippen LogP contribution in [-0.2, 0) is 6.42 Å². The standard InChI is InChI=1S/C16H17F2N/c1-2-3-4-5-12-6-8-13(9-7-12)14-10-15(17)16(18)19-11-14/h6-11H,2-5H2,1H3. The molecular formula is C16H17F2N. The second kappa shape index (κ2) is 6.41. The summed E-state index contributed by atoms with van der Waals surface area (Å²) in [5, 5.41) is 0. The topological polar surface area (TPSA) is 12.9 Å². The summed E-state index contributed by atoms with van der Waals surface area (Å²) < 4.78 is 25.9. The van der Waals surface area contributed by atoms with Crippen LogP contribution in [0.15, 0.2) is 36.5 Å². The molecule has 0 unspecified atom stereocenters. The van der Waals surface area contributed by atoms with Gasteiger partial charge in [-0.25, -0.2) is 9.37 Å². The molecule has 0 atom stereocenters. The molecule has 0 saturated carbocycles. The van der Waals surface area contributed by atoms with Crippen molar-refractivity contribution in [2.75, 3.05) is 0 Å². The lowest BCUT2D eigenvalue weighted by atomic mass is 10.0. The fourth-order valence-electron chi connectivity index (χ4n) is 2.02. The molecule has 0 aliphatic heterocycles. The lowest BCUT2D eigenvalue weighted by Crippen LogP contribution is -1.91. The molecule has 1 aromatic carbocycles. The summed E-state index contributed by atoms with van der Waals surface area (Å²) in [6.45, 7) is 2.18. The number of rotatable bonds is 5. The highest BCUT2D eigenvalue weighted by Crippen LogP contribution is 2.21. The first-order valence-electron chi connectivity index (χ1n) is 6.61. The van der Waals surface area contributed by atoms with Crippen LogP contribution in [0.1, 0.15) is 31.7 Å². The molecule has 0 radical (unpaired) electrons. The highest BCUT2D eigenvalue weighted by atomic mass is 19.2. The van der Waals surface area contributed by atoms with Gasteiger partial charge in [-0.2, -0.15) is 4.39 Å². The van der Waals surface area contributed by atoms with Crippen LogP contribution in [0.4, 0.5) is 8.78 Å². The van der Waals surface area contributed by atoms with Crippen LogP contribution >= 0.6 is 0 Å². The van der Waals surface area contributed by atoms with Crippen molar-refractivity contribution in [3.8, 4) is 11.1 Å². The predicted octanol–water partition coefficient (Wildman–Crippen LogP) is 4.76. The number of unbranched alkanes of at least 4 members (excludes halogenated alkanes) is 2. The molecule has 2 aromatic rings. The normalized spacial score (nSPS) is 10.7. The van der Waals surface area contributed by atoms with Gasteiger partial charge in [0.05, 0.1) is 0 Å². The summed E-state index contributed by atoms with van der Waals surface area (Å²) in [6.07, 6.45) is 6.03. The first kappa shape index (κ1) is 13.7. The van der Waals surface area contributed by atoms with Crippen molar-refractivity contribution in [1.29, 1.82) is 0 Å². The first-order valence-corrected chi connectivity index (χ1v) is 6.61. The monoisotopic (exact) mass is 261 g/mol. The minimum absolute atomic E-state index is 0.596. The number of nitrogens with zero attached hydrogens (tertiary/aromatic N) is 1. The summed E-state index contributed by atoms with van der Waals surface area (Å²) in [4.78, 5) is 3.40. The van der Waals surface area contributed by atoms with Crippen molar-refractivity contribution in [2.24, 2.45) is 0 Å². The molecule has 3 heteroatoms. The third-order valence-electron chi connectivity index (χ3n) is 3.15. The van der Waals surface area contributed by atoms with Crippen molar-refractivity contribution < 1.29 is 8.78 Å². The van der Waals surface area contributed by atoms with E-state index in [-0.39, 0.29) is 0 Å². The number of hydrogen-bond acceptors (Lipinski definition) is 1. The zero-order valence-electron chi connectivity index (χ0n) is 11.0. The van der Waals surface area contributed by atoms with Gasteiger partial charge in [0.1, 0.15) is 0 Å². The van der Waals surface area contributed by atoms with Gasteiger partial charge in [0.25, 0.3) is 0 Å². The molecule has 1 nitrogen and oxygen atoms in total. The van der Waals surface area contributed by atoms with Crippen LogP contribution < -0.4 is 0 Å². The van der Waals surface area contributed by atoms with E-state index in [9.17, 15) is 8.78 Å². The van der Waals surface area contributed by atoms with E-state index in [1.807, 2.05) is 24.3 Å². The molecule has 0 aliphatic rings. The number of pyridine rings is 1. The maximum absolute atomic E-state index is 13.1. The molecule has 2 rings (SSSR count). The van der Waals surface area contributed by atoms with E-state index in [0.29, 0.717) is 5.56 Å². The van der Waals surface area contributed by atoms with Crippen molar-refractivity contribution in [2.45, 2.75) is 32.6 Å². The maximum Gasteiger partial charge on any atom is 0.248 e. The van der Waals surface area contributed by atoms with Crippen molar-refractivity contribution >= 4 is 0 Å². The lowest BCUT2D eigenvalue weighted by Gasteiger charge is -2.04. The molecule has 1 heterocycles. The molecule has 0 spiro atoms. The molecule has 100 valence electrons. The Hall–Kier alpha value is -1.77. The summed E-state index contributed by atoms with van der Waals surface area (Å²) in [5.41, 5.74) is 2.72. The van der Waals surface area contributed by atoms with Crippen molar-refractivity contribution in [3.05, 3.63) is 53.9 Å². The molecule has 0 saturated heterocycles. The van der Waals surface area contributed by atoms with E-state index < -0.39 is 11.8 Å². The van der Waals surface area contributed by atoms with Gasteiger partial charge in [0.15, 0.2) is 5.82 Å². The van der Waals surface area contributed by atoms with Gasteiger partial charge in [-0.3, -0.25) is 0 Å². The van der Waals surface area contributed by atoms with E-state index in [2.05, 4.69) is 11.9 Å². The number of hydrogen-bond donors (Lipinski definition) is 0. The van der Waals surface area contributed by atoms with Crippen LogP contribution in [0.25, 0.3) is 11.1 Å². The zero-order chi connectivity index (χ0) is 13.7. The Balaban J connectivity index is 2.11. The Labute approximate surface area is 112 Å². The maximum atomic E-state index is 13.1. The van der Waals surface area contributed by atoms with Crippen LogP contribution in [0.3, 0.4) is 0 Å². The van der Waals surface area contributed by atoms with E-state index in [1.54, 1.807) is 0 Å². The SMILES string of the molecule is CCCCCc1ccc(-c2cnc(F)c(F)c2)cc1. The summed E-state index contributed by atoms with van der Waals surface area (Å²) in [6, 6.07) is 9.10. The first-order chi connectivity index (χ1) is 9.20. The third kappa shape index (κ3) is 3.60. The second-order valence-electron chi connectivity index (χ2n) is 4.65. The molecule has 0 fully saturated rings. The molecule has 0 aliphatic carbocycles. The van der Waals surface area contributed by atoms with Crippen molar-refractivity contribution in [1.82, 2.24) is 4.98 Å². The van der Waals surface area contributed by atoms with Crippen LogP contribution in [0.5, 0.6) is 0 Å². The van der Waals surface area contributed by atoms with Crippen LogP contribution in [-0.4, -0.2) is 4.98 Å². The van der Waals surface area contributed by atoms with Gasteiger partial charge in [-0.05, 0) is 30.0 Å². The van der Waals surface area contributed by atoms with E-state index in [0.717, 1.165) is 12.0 Å². The Morgan fingerprint density at radius 1 is 1.00 bits per heavy atom. The zero-order valence-corrected chi connectivity index (χ0v) is 11.0. The molecule has 19 heavy (non-hydrogen) atoms. The van der Waals surface area contributed by atoms with Crippen LogP contribution in [0, 0.1) is 11.8 Å². The average Bonchev–Trinajstić information content (AvgIpc) is 2.43. The number of benzene rings is 1. The minimum atomic E-state index is -1.06. The van der Waals surface area contributed by atoms with Gasteiger partial charge in [0.2, 0.25) is 5.95 Å². The lowest BCUT2D eigenvalue weighted by molar-refractivity contribution is 0.480. The molecule has 1 aromatic heterocycles. The average molecular weight is 261 g/mol. The fourth-order valence-corrected chi connectivity index (χ4v) is 2.02. The third-order valence-corrected chi connectivity index (χ3v) is 3.15. The Kier molecular flexibility index (Phi) is 4.61. The summed E-state index contributed by atoms with van der Waals surface area (Å²) in [7, 11) is 0. The highest BCUT2D eigenvalue weighted by molar-refractivity contribution is 5.62. The summed E-state index contributed by atoms with van der Waals surface area (Å²) >= 11 is 0. The number of halogens is 2. The molecule has 0 N–H and O–H groups in total. The quantitative estimate of drug-likeness (QED) is 0.558. The Bertz CT molecular complexity index is 535. The number of aryl methyl sites for hydroxylation is 1. The van der Waals surface area contributed by atoms with Gasteiger partial charge in [-0.15, -0.1) is 0 Å². The largest absolute Gasteiger partial charge is 0.248 e. The van der Waals surface area contributed by atoms with Gasteiger partial charge in [-0.1, -0.05) is 44.0 Å². The summed E-state index contributed by atoms with van der Waals surface area (Å²) in [5.74, 6) is -1.97. The Morgan fingerprint density at radius 2 is 1.74 bits per heavy atom.